The number of ether oxygens (including phenoxy) is 1. The number of methoxy groups -OCH3 is 1. The van der Waals surface area contributed by atoms with Crippen molar-refractivity contribution in [2.45, 2.75) is 6.92 Å². The molecule has 0 unspecified atom stereocenters. The van der Waals surface area contributed by atoms with Crippen molar-refractivity contribution in [1.29, 1.82) is 0 Å². The summed E-state index contributed by atoms with van der Waals surface area (Å²) in [6, 6.07) is 1.34. The molecule has 4 nitrogen and oxygen atoms in total. The Morgan fingerprint density at radius 1 is 1.17 bits per heavy atom. The summed E-state index contributed by atoms with van der Waals surface area (Å²) < 4.78 is 5.72. The van der Waals surface area contributed by atoms with E-state index in [1.807, 2.05) is 0 Å². The molecule has 0 aromatic heterocycles. The van der Waals surface area contributed by atoms with Crippen LogP contribution in [0.15, 0.2) is 20.6 Å². The maximum atomic E-state index is 12.2. The van der Waals surface area contributed by atoms with E-state index in [-0.39, 0.29) is 32.9 Å². The van der Waals surface area contributed by atoms with Crippen molar-refractivity contribution < 1.29 is 19.4 Å². The molecular weight excluding hydrogens is 368 g/mol. The fourth-order valence-electron chi connectivity index (χ4n) is 1.83. The number of benzene rings is 1. The Bertz CT molecular complexity index is 617. The molecule has 1 aromatic carbocycles. The highest BCUT2D eigenvalue weighted by Crippen LogP contribution is 2.43. The molecule has 0 atom stereocenters. The number of phenolic OH excluding ortho intramolecular Hbond substituents is 1. The van der Waals surface area contributed by atoms with Crippen LogP contribution in [0.3, 0.4) is 0 Å². The second-order valence-corrected chi connectivity index (χ2v) is 5.41. The molecule has 1 aromatic rings. The highest BCUT2D eigenvalue weighted by Gasteiger charge is 2.35. The molecule has 1 N–H and O–H groups in total. The van der Waals surface area contributed by atoms with Gasteiger partial charge in [-0.3, -0.25) is 9.59 Å². The fraction of sp³-hybridized carbons (Fsp3) is 0.167. The summed E-state index contributed by atoms with van der Waals surface area (Å²) in [6.45, 7) is 1.55. The van der Waals surface area contributed by atoms with E-state index in [0.29, 0.717) is 10.0 Å². The van der Waals surface area contributed by atoms with Gasteiger partial charge in [0.2, 0.25) is 5.78 Å². The van der Waals surface area contributed by atoms with Crippen molar-refractivity contribution in [3.63, 3.8) is 0 Å². The Hall–Kier alpha value is -1.14. The third-order valence-electron chi connectivity index (χ3n) is 2.74. The van der Waals surface area contributed by atoms with Crippen LogP contribution in [0.1, 0.15) is 27.6 Å². The number of ketones is 2. The fourth-order valence-corrected chi connectivity index (χ4v) is 2.79. The smallest absolute Gasteiger partial charge is 0.204 e. The number of hydrogen-bond acceptors (Lipinski definition) is 4. The van der Waals surface area contributed by atoms with Gasteiger partial charge in [0.1, 0.15) is 11.5 Å². The molecule has 0 radical (unpaired) electrons. The number of allylic oxidation sites excluding steroid dienone is 2. The number of fused-ring (bicyclic) bond motifs is 1. The number of hydrogen-bond donors (Lipinski definition) is 1. The average molecular weight is 376 g/mol. The van der Waals surface area contributed by atoms with Crippen molar-refractivity contribution in [2.24, 2.45) is 0 Å². The van der Waals surface area contributed by atoms with Crippen LogP contribution in [0.2, 0.25) is 0 Å². The number of aromatic hydroxyl groups is 1. The van der Waals surface area contributed by atoms with E-state index < -0.39 is 5.78 Å². The van der Waals surface area contributed by atoms with Crippen LogP contribution in [0, 0.1) is 0 Å². The Morgan fingerprint density at radius 3 is 2.33 bits per heavy atom. The van der Waals surface area contributed by atoms with E-state index >= 15 is 0 Å². The minimum absolute atomic E-state index is 0.0301. The van der Waals surface area contributed by atoms with Gasteiger partial charge in [-0.25, -0.2) is 0 Å². The molecule has 1 aliphatic rings. The zero-order valence-corrected chi connectivity index (χ0v) is 12.7. The van der Waals surface area contributed by atoms with Crippen LogP contribution >= 0.6 is 31.9 Å². The van der Waals surface area contributed by atoms with Gasteiger partial charge in [-0.2, -0.15) is 0 Å². The first-order valence-corrected chi connectivity index (χ1v) is 6.54. The summed E-state index contributed by atoms with van der Waals surface area (Å²) in [6.07, 6.45) is 0. The van der Waals surface area contributed by atoms with Crippen LogP contribution in [0.5, 0.6) is 11.5 Å². The van der Waals surface area contributed by atoms with Crippen LogP contribution < -0.4 is 4.74 Å². The van der Waals surface area contributed by atoms with Gasteiger partial charge in [0.25, 0.3) is 0 Å². The molecule has 18 heavy (non-hydrogen) atoms. The van der Waals surface area contributed by atoms with Gasteiger partial charge >= 0.3 is 0 Å². The van der Waals surface area contributed by atoms with Gasteiger partial charge < -0.3 is 9.84 Å². The van der Waals surface area contributed by atoms with E-state index in [1.54, 1.807) is 6.92 Å². The third kappa shape index (κ3) is 1.71. The van der Waals surface area contributed by atoms with Crippen LogP contribution in [-0.2, 0) is 0 Å². The van der Waals surface area contributed by atoms with Crippen molar-refractivity contribution in [3.05, 3.63) is 31.7 Å². The van der Waals surface area contributed by atoms with Gasteiger partial charge in [-0.15, -0.1) is 0 Å². The van der Waals surface area contributed by atoms with Crippen molar-refractivity contribution >= 4 is 43.4 Å². The lowest BCUT2D eigenvalue weighted by atomic mass is 9.89. The Balaban J connectivity index is 2.89. The summed E-state index contributed by atoms with van der Waals surface area (Å²) in [5.74, 6) is -0.767. The first kappa shape index (κ1) is 13.3. The predicted molar refractivity (Wildman–Crippen MR) is 72.6 cm³/mol. The molecule has 1 aliphatic carbocycles. The molecule has 0 saturated carbocycles. The van der Waals surface area contributed by atoms with Crippen molar-refractivity contribution in [3.8, 4) is 11.5 Å². The largest absolute Gasteiger partial charge is 0.507 e. The summed E-state index contributed by atoms with van der Waals surface area (Å²) >= 11 is 6.27. The Kier molecular flexibility index (Phi) is 3.33. The van der Waals surface area contributed by atoms with E-state index in [1.165, 1.54) is 13.2 Å². The first-order chi connectivity index (χ1) is 8.40. The van der Waals surface area contributed by atoms with Crippen molar-refractivity contribution in [2.75, 3.05) is 7.11 Å². The van der Waals surface area contributed by atoms with E-state index in [0.717, 1.165) is 0 Å². The van der Waals surface area contributed by atoms with E-state index in [9.17, 15) is 14.7 Å². The molecule has 6 heteroatoms. The molecule has 0 saturated heterocycles. The maximum absolute atomic E-state index is 12.2. The summed E-state index contributed by atoms with van der Waals surface area (Å²) in [5, 5.41) is 9.85. The Labute approximate surface area is 120 Å². The lowest BCUT2D eigenvalue weighted by Crippen LogP contribution is -2.20. The predicted octanol–water partition coefficient (Wildman–Crippen LogP) is 3.21. The summed E-state index contributed by atoms with van der Waals surface area (Å²) in [7, 11) is 1.40. The standard InChI is InChI=1S/C12H8Br2O4/c1-4-9(14)11(17)7-6(15)3-5(13)12(18-2)8(7)10(4)16/h3,15H,1-2H3. The normalized spacial score (nSPS) is 14.9. The SMILES string of the molecule is COc1c(Br)cc(O)c2c1C(=O)C(C)=C(Br)C2=O. The number of carbonyl (C=O) groups is 2. The Morgan fingerprint density at radius 2 is 1.78 bits per heavy atom. The maximum Gasteiger partial charge on any atom is 0.204 e. The highest BCUT2D eigenvalue weighted by atomic mass is 79.9. The molecular formula is C12H8Br2O4. The number of phenols is 1. The number of carbonyl (C=O) groups excluding carboxylic acids is 2. The lowest BCUT2D eigenvalue weighted by molar-refractivity contribution is 0.0977. The second kappa shape index (κ2) is 4.51. The van der Waals surface area contributed by atoms with Gasteiger partial charge in [0, 0.05) is 5.57 Å². The molecule has 0 spiro atoms. The van der Waals surface area contributed by atoms with Crippen molar-refractivity contribution in [1.82, 2.24) is 0 Å². The second-order valence-electron chi connectivity index (χ2n) is 3.76. The number of halogens is 2. The van der Waals surface area contributed by atoms with Crippen LogP contribution in [0.4, 0.5) is 0 Å². The zero-order chi connectivity index (χ0) is 13.6. The summed E-state index contributed by atoms with van der Waals surface area (Å²) in [4.78, 5) is 24.3. The molecule has 0 amide bonds. The molecule has 2 rings (SSSR count). The van der Waals surface area contributed by atoms with Gasteiger partial charge in [0.15, 0.2) is 5.78 Å². The van der Waals surface area contributed by atoms with E-state index in [4.69, 9.17) is 4.74 Å². The molecule has 94 valence electrons. The number of Topliss-reactive ketones (excluding diaryl/α,β-unsaturated/α-hetero) is 2. The minimum Gasteiger partial charge on any atom is -0.507 e. The first-order valence-electron chi connectivity index (χ1n) is 4.95. The van der Waals surface area contributed by atoms with Gasteiger partial charge in [0.05, 0.1) is 27.2 Å². The van der Waals surface area contributed by atoms with Gasteiger partial charge in [-0.05, 0) is 44.8 Å². The molecule has 0 heterocycles. The minimum atomic E-state index is -0.426. The molecule has 0 aliphatic heterocycles. The zero-order valence-electron chi connectivity index (χ0n) is 9.51. The molecule has 0 bridgehead atoms. The van der Waals surface area contributed by atoms with E-state index in [2.05, 4.69) is 31.9 Å². The third-order valence-corrected chi connectivity index (χ3v) is 4.28. The van der Waals surface area contributed by atoms with Crippen LogP contribution in [-0.4, -0.2) is 23.8 Å². The topological polar surface area (TPSA) is 63.6 Å². The monoisotopic (exact) mass is 374 g/mol. The number of rotatable bonds is 1. The molecule has 0 fully saturated rings. The van der Waals surface area contributed by atoms with Gasteiger partial charge in [-0.1, -0.05) is 0 Å². The summed E-state index contributed by atoms with van der Waals surface area (Å²) in [5.41, 5.74) is 0.357. The quantitative estimate of drug-likeness (QED) is 0.818. The van der Waals surface area contributed by atoms with Crippen LogP contribution in [0.25, 0.3) is 0 Å². The average Bonchev–Trinajstić information content (AvgIpc) is 2.33. The lowest BCUT2D eigenvalue weighted by Gasteiger charge is -2.20. The highest BCUT2D eigenvalue weighted by molar-refractivity contribution is 9.12.